The molecule has 118 valence electrons. The summed E-state index contributed by atoms with van der Waals surface area (Å²) in [6.45, 7) is 2.64. The molecule has 23 heavy (non-hydrogen) atoms. The molecular formula is C17H18N4O2. The van der Waals surface area contributed by atoms with Gasteiger partial charge in [0.15, 0.2) is 0 Å². The molecule has 0 radical (unpaired) electrons. The molecule has 6 nitrogen and oxygen atoms in total. The van der Waals surface area contributed by atoms with Crippen molar-refractivity contribution in [3.05, 3.63) is 35.3 Å². The van der Waals surface area contributed by atoms with Gasteiger partial charge in [0, 0.05) is 11.8 Å². The minimum Gasteiger partial charge on any atom is -0.376 e. The number of nitriles is 1. The number of rotatable bonds is 2. The Morgan fingerprint density at radius 3 is 3.09 bits per heavy atom. The zero-order valence-electron chi connectivity index (χ0n) is 12.9. The predicted molar refractivity (Wildman–Crippen MR) is 82.8 cm³/mol. The molecule has 1 aliphatic heterocycles. The van der Waals surface area contributed by atoms with Crippen LogP contribution in [0, 0.1) is 11.3 Å². The zero-order valence-corrected chi connectivity index (χ0v) is 12.9. The lowest BCUT2D eigenvalue weighted by Crippen LogP contribution is -2.32. The van der Waals surface area contributed by atoms with Gasteiger partial charge in [0.05, 0.1) is 37.8 Å². The lowest BCUT2D eigenvalue weighted by Gasteiger charge is -2.22. The van der Waals surface area contributed by atoms with Crippen molar-refractivity contribution in [2.24, 2.45) is 0 Å². The zero-order chi connectivity index (χ0) is 15.6. The summed E-state index contributed by atoms with van der Waals surface area (Å²) in [5, 5.41) is 13.8. The summed E-state index contributed by atoms with van der Waals surface area (Å²) in [6.07, 6.45) is 5.07. The van der Waals surface area contributed by atoms with Crippen molar-refractivity contribution >= 4 is 0 Å². The van der Waals surface area contributed by atoms with Crippen LogP contribution >= 0.6 is 0 Å². The van der Waals surface area contributed by atoms with Crippen LogP contribution in [0.5, 0.6) is 0 Å². The molecule has 0 saturated carbocycles. The molecule has 6 heteroatoms. The highest BCUT2D eigenvalue weighted by molar-refractivity contribution is 5.66. The summed E-state index contributed by atoms with van der Waals surface area (Å²) in [5.41, 5.74) is 4.74. The molecule has 3 heterocycles. The van der Waals surface area contributed by atoms with Crippen LogP contribution in [0.15, 0.2) is 18.3 Å². The molecule has 2 aromatic heterocycles. The number of hydrogen-bond donors (Lipinski definition) is 0. The summed E-state index contributed by atoms with van der Waals surface area (Å²) in [5.74, 6) is 0. The molecule has 0 spiro atoms. The van der Waals surface area contributed by atoms with Gasteiger partial charge >= 0.3 is 0 Å². The Hall–Kier alpha value is -2.23. The number of pyridine rings is 1. The Morgan fingerprint density at radius 1 is 1.30 bits per heavy atom. The number of aryl methyl sites for hydroxylation is 2. The summed E-state index contributed by atoms with van der Waals surface area (Å²) in [7, 11) is 0. The van der Waals surface area contributed by atoms with E-state index >= 15 is 0 Å². The van der Waals surface area contributed by atoms with E-state index in [2.05, 4.69) is 17.3 Å². The Kier molecular flexibility index (Phi) is 3.82. The number of hydrogen-bond acceptors (Lipinski definition) is 5. The Balaban J connectivity index is 1.65. The Bertz CT molecular complexity index is 756. The maximum Gasteiger partial charge on any atom is 0.140 e. The van der Waals surface area contributed by atoms with E-state index < -0.39 is 0 Å². The molecule has 4 rings (SSSR count). The second-order valence-electron chi connectivity index (χ2n) is 5.95. The van der Waals surface area contributed by atoms with Crippen LogP contribution in [0.4, 0.5) is 0 Å². The molecule has 2 aromatic rings. The second-order valence-corrected chi connectivity index (χ2v) is 5.95. The minimum atomic E-state index is 0.0610. The molecule has 0 bridgehead atoms. The van der Waals surface area contributed by atoms with Crippen LogP contribution in [-0.2, 0) is 28.9 Å². The molecule has 2 aliphatic rings. The van der Waals surface area contributed by atoms with Crippen molar-refractivity contribution in [1.82, 2.24) is 14.8 Å². The highest BCUT2D eigenvalue weighted by Gasteiger charge is 2.21. The van der Waals surface area contributed by atoms with Crippen molar-refractivity contribution in [2.45, 2.75) is 31.9 Å². The summed E-state index contributed by atoms with van der Waals surface area (Å²) < 4.78 is 13.1. The van der Waals surface area contributed by atoms with Crippen LogP contribution in [-0.4, -0.2) is 40.7 Å². The molecule has 1 saturated heterocycles. The van der Waals surface area contributed by atoms with E-state index in [0.717, 1.165) is 36.2 Å². The highest BCUT2D eigenvalue weighted by atomic mass is 16.6. The monoisotopic (exact) mass is 310 g/mol. The van der Waals surface area contributed by atoms with Crippen LogP contribution < -0.4 is 0 Å². The lowest BCUT2D eigenvalue weighted by atomic mass is 10.1. The number of fused-ring (bicyclic) bond motifs is 3. The Labute approximate surface area is 134 Å². The minimum absolute atomic E-state index is 0.0610. The van der Waals surface area contributed by atoms with Crippen molar-refractivity contribution in [3.63, 3.8) is 0 Å². The third-order valence-electron chi connectivity index (χ3n) is 4.32. The largest absolute Gasteiger partial charge is 0.376 e. The first-order valence-electron chi connectivity index (χ1n) is 7.99. The standard InChI is InChI=1S/C17H18N4O2/c18-8-13-4-5-15-16(19-13)3-1-2-12-9-21(20-17(12)15)10-14-11-22-6-7-23-14/h4-5,9,14H,1-3,6-7,10-11H2/t14-/m0/s1. The Morgan fingerprint density at radius 2 is 2.26 bits per heavy atom. The molecule has 0 aromatic carbocycles. The van der Waals surface area contributed by atoms with Crippen molar-refractivity contribution in [1.29, 1.82) is 5.26 Å². The van der Waals surface area contributed by atoms with E-state index in [4.69, 9.17) is 19.8 Å². The second kappa shape index (κ2) is 6.11. The molecule has 0 N–H and O–H groups in total. The predicted octanol–water partition coefficient (Wildman–Crippen LogP) is 1.72. The van der Waals surface area contributed by atoms with E-state index in [-0.39, 0.29) is 6.10 Å². The topological polar surface area (TPSA) is 73.0 Å². The molecule has 1 fully saturated rings. The van der Waals surface area contributed by atoms with Gasteiger partial charge in [-0.1, -0.05) is 0 Å². The van der Waals surface area contributed by atoms with Crippen LogP contribution in [0.1, 0.15) is 23.4 Å². The number of ether oxygens (including phenoxy) is 2. The fraction of sp³-hybridized carbons (Fsp3) is 0.471. The van der Waals surface area contributed by atoms with Gasteiger partial charge in [-0.25, -0.2) is 4.98 Å². The summed E-state index contributed by atoms with van der Waals surface area (Å²) in [6, 6.07) is 5.86. The molecule has 1 atom stereocenters. The third-order valence-corrected chi connectivity index (χ3v) is 4.32. The molecule has 1 aliphatic carbocycles. The summed E-state index contributed by atoms with van der Waals surface area (Å²) >= 11 is 0. The first-order valence-corrected chi connectivity index (χ1v) is 7.99. The quantitative estimate of drug-likeness (QED) is 0.844. The van der Waals surface area contributed by atoms with Crippen molar-refractivity contribution in [3.8, 4) is 17.3 Å². The van der Waals surface area contributed by atoms with E-state index in [1.165, 1.54) is 5.56 Å². The van der Waals surface area contributed by atoms with Crippen molar-refractivity contribution < 1.29 is 9.47 Å². The maximum atomic E-state index is 9.03. The maximum absolute atomic E-state index is 9.03. The van der Waals surface area contributed by atoms with Gasteiger partial charge in [0.2, 0.25) is 0 Å². The fourth-order valence-corrected chi connectivity index (χ4v) is 3.23. The van der Waals surface area contributed by atoms with Gasteiger partial charge in [-0.3, -0.25) is 4.68 Å². The smallest absolute Gasteiger partial charge is 0.140 e. The molecular weight excluding hydrogens is 292 g/mol. The lowest BCUT2D eigenvalue weighted by molar-refractivity contribution is -0.0946. The first kappa shape index (κ1) is 14.4. The van der Waals surface area contributed by atoms with Gasteiger partial charge in [0.1, 0.15) is 17.9 Å². The van der Waals surface area contributed by atoms with Crippen LogP contribution in [0.2, 0.25) is 0 Å². The van der Waals surface area contributed by atoms with E-state index in [0.29, 0.717) is 32.1 Å². The van der Waals surface area contributed by atoms with Crippen LogP contribution in [0.25, 0.3) is 11.3 Å². The van der Waals surface area contributed by atoms with E-state index in [1.807, 2.05) is 10.7 Å². The summed E-state index contributed by atoms with van der Waals surface area (Å²) in [4.78, 5) is 4.46. The van der Waals surface area contributed by atoms with Gasteiger partial charge in [-0.2, -0.15) is 10.4 Å². The van der Waals surface area contributed by atoms with Gasteiger partial charge in [-0.05, 0) is 37.0 Å². The van der Waals surface area contributed by atoms with Crippen molar-refractivity contribution in [2.75, 3.05) is 19.8 Å². The van der Waals surface area contributed by atoms with Gasteiger partial charge in [0.25, 0.3) is 0 Å². The van der Waals surface area contributed by atoms with Crippen LogP contribution in [0.3, 0.4) is 0 Å². The molecule has 0 amide bonds. The molecule has 0 unspecified atom stereocenters. The van der Waals surface area contributed by atoms with Gasteiger partial charge in [-0.15, -0.1) is 0 Å². The third kappa shape index (κ3) is 2.85. The first-order chi connectivity index (χ1) is 11.3. The SMILES string of the molecule is N#Cc1ccc2c(n1)CCCc1cn(C[C@H]3COCCO3)nc1-2. The average molecular weight is 310 g/mol. The van der Waals surface area contributed by atoms with E-state index in [9.17, 15) is 0 Å². The van der Waals surface area contributed by atoms with Gasteiger partial charge < -0.3 is 9.47 Å². The fourth-order valence-electron chi connectivity index (χ4n) is 3.23. The number of aromatic nitrogens is 3. The highest BCUT2D eigenvalue weighted by Crippen LogP contribution is 2.30. The average Bonchev–Trinajstić information content (AvgIpc) is 2.90. The van der Waals surface area contributed by atoms with E-state index in [1.54, 1.807) is 6.07 Å². The normalized spacial score (nSPS) is 20.2. The number of nitrogens with zero attached hydrogens (tertiary/aromatic N) is 4.